The standard InChI is InChI=1S/C19H28N2O3S/c1-15(2)14-21-25(23,24)18-10-6-9-17(13-18)19(22)20-12-11-16-7-4-3-5-8-16/h6-7,9-10,13,15,21H,3-5,8,11-12,14H2,1-2H3,(H,20,22). The first-order valence-corrected chi connectivity index (χ1v) is 10.4. The summed E-state index contributed by atoms with van der Waals surface area (Å²) in [5.74, 6) is -0.0207. The van der Waals surface area contributed by atoms with E-state index in [9.17, 15) is 13.2 Å². The Morgan fingerprint density at radius 2 is 2.04 bits per heavy atom. The first-order chi connectivity index (χ1) is 11.9. The fraction of sp³-hybridized carbons (Fsp3) is 0.526. The van der Waals surface area contributed by atoms with Gasteiger partial charge < -0.3 is 5.32 Å². The quantitative estimate of drug-likeness (QED) is 0.695. The average molecular weight is 365 g/mol. The van der Waals surface area contributed by atoms with Gasteiger partial charge in [-0.25, -0.2) is 13.1 Å². The van der Waals surface area contributed by atoms with E-state index in [0.717, 1.165) is 19.3 Å². The van der Waals surface area contributed by atoms with Crippen molar-refractivity contribution < 1.29 is 13.2 Å². The van der Waals surface area contributed by atoms with Gasteiger partial charge in [-0.15, -0.1) is 0 Å². The molecule has 0 heterocycles. The van der Waals surface area contributed by atoms with Gasteiger partial charge in [0.05, 0.1) is 4.90 Å². The first-order valence-electron chi connectivity index (χ1n) is 8.94. The number of rotatable bonds is 8. The topological polar surface area (TPSA) is 75.3 Å². The van der Waals surface area contributed by atoms with Gasteiger partial charge in [0.25, 0.3) is 5.91 Å². The third kappa shape index (κ3) is 6.29. The number of allylic oxidation sites excluding steroid dienone is 1. The van der Waals surface area contributed by atoms with Crippen LogP contribution in [0, 0.1) is 5.92 Å². The number of sulfonamides is 1. The summed E-state index contributed by atoms with van der Waals surface area (Å²) in [7, 11) is -3.59. The normalized spacial score (nSPS) is 15.1. The molecule has 2 rings (SSSR count). The van der Waals surface area contributed by atoms with E-state index in [1.807, 2.05) is 13.8 Å². The van der Waals surface area contributed by atoms with E-state index in [-0.39, 0.29) is 16.7 Å². The van der Waals surface area contributed by atoms with Crippen LogP contribution in [0.15, 0.2) is 40.8 Å². The number of amides is 1. The summed E-state index contributed by atoms with van der Waals surface area (Å²) >= 11 is 0. The van der Waals surface area contributed by atoms with Crippen LogP contribution in [0.2, 0.25) is 0 Å². The highest BCUT2D eigenvalue weighted by atomic mass is 32.2. The Morgan fingerprint density at radius 3 is 2.72 bits per heavy atom. The predicted octanol–water partition coefficient (Wildman–Crippen LogP) is 3.24. The Balaban J connectivity index is 1.95. The lowest BCUT2D eigenvalue weighted by Gasteiger charge is -2.13. The molecule has 138 valence electrons. The lowest BCUT2D eigenvalue weighted by Crippen LogP contribution is -2.28. The van der Waals surface area contributed by atoms with Crippen molar-refractivity contribution in [1.29, 1.82) is 0 Å². The summed E-state index contributed by atoms with van der Waals surface area (Å²) in [6, 6.07) is 6.17. The smallest absolute Gasteiger partial charge is 0.251 e. The minimum Gasteiger partial charge on any atom is -0.352 e. The highest BCUT2D eigenvalue weighted by Gasteiger charge is 2.16. The molecule has 1 aromatic rings. The van der Waals surface area contributed by atoms with Gasteiger partial charge >= 0.3 is 0 Å². The molecule has 25 heavy (non-hydrogen) atoms. The molecule has 0 spiro atoms. The monoisotopic (exact) mass is 364 g/mol. The summed E-state index contributed by atoms with van der Waals surface area (Å²) in [6.07, 6.45) is 7.85. The van der Waals surface area contributed by atoms with Gasteiger partial charge in [-0.3, -0.25) is 4.79 Å². The molecule has 1 aliphatic rings. The second-order valence-electron chi connectivity index (χ2n) is 6.89. The Kier molecular flexibility index (Phi) is 7.20. The summed E-state index contributed by atoms with van der Waals surface area (Å²) in [4.78, 5) is 12.4. The average Bonchev–Trinajstić information content (AvgIpc) is 2.61. The van der Waals surface area contributed by atoms with Gasteiger partial charge in [-0.05, 0) is 56.2 Å². The molecule has 0 atom stereocenters. The van der Waals surface area contributed by atoms with E-state index in [0.29, 0.717) is 18.7 Å². The Morgan fingerprint density at radius 1 is 1.24 bits per heavy atom. The van der Waals surface area contributed by atoms with E-state index >= 15 is 0 Å². The molecular formula is C19H28N2O3S. The van der Waals surface area contributed by atoms with Gasteiger partial charge in [0.15, 0.2) is 0 Å². The van der Waals surface area contributed by atoms with Crippen LogP contribution in [0.1, 0.15) is 56.3 Å². The minimum absolute atomic E-state index is 0.121. The van der Waals surface area contributed by atoms with Crippen molar-refractivity contribution in [1.82, 2.24) is 10.0 Å². The highest BCUT2D eigenvalue weighted by Crippen LogP contribution is 2.19. The third-order valence-corrected chi connectivity index (χ3v) is 5.63. The van der Waals surface area contributed by atoms with Gasteiger partial charge in [0, 0.05) is 18.7 Å². The van der Waals surface area contributed by atoms with Crippen molar-refractivity contribution in [2.24, 2.45) is 5.92 Å². The largest absolute Gasteiger partial charge is 0.352 e. The van der Waals surface area contributed by atoms with Crippen LogP contribution in [0.3, 0.4) is 0 Å². The van der Waals surface area contributed by atoms with E-state index in [1.165, 1.54) is 30.5 Å². The summed E-state index contributed by atoms with van der Waals surface area (Å²) in [6.45, 7) is 4.82. The van der Waals surface area contributed by atoms with Crippen molar-refractivity contribution in [3.63, 3.8) is 0 Å². The number of hydrogen-bond donors (Lipinski definition) is 2. The van der Waals surface area contributed by atoms with E-state index in [1.54, 1.807) is 12.1 Å². The van der Waals surface area contributed by atoms with Crippen LogP contribution in [-0.4, -0.2) is 27.4 Å². The highest BCUT2D eigenvalue weighted by molar-refractivity contribution is 7.89. The molecule has 5 nitrogen and oxygen atoms in total. The van der Waals surface area contributed by atoms with Crippen molar-refractivity contribution in [3.05, 3.63) is 41.5 Å². The van der Waals surface area contributed by atoms with Crippen molar-refractivity contribution >= 4 is 15.9 Å². The number of nitrogens with one attached hydrogen (secondary N) is 2. The second kappa shape index (κ2) is 9.15. The molecule has 1 aliphatic carbocycles. The van der Waals surface area contributed by atoms with Crippen LogP contribution in [0.4, 0.5) is 0 Å². The fourth-order valence-corrected chi connectivity index (χ4v) is 3.99. The predicted molar refractivity (Wildman–Crippen MR) is 100.0 cm³/mol. The van der Waals surface area contributed by atoms with Crippen LogP contribution in [0.25, 0.3) is 0 Å². The maximum Gasteiger partial charge on any atom is 0.251 e. The van der Waals surface area contributed by atoms with Gasteiger partial charge in [0.2, 0.25) is 10.0 Å². The maximum absolute atomic E-state index is 12.3. The second-order valence-corrected chi connectivity index (χ2v) is 8.65. The lowest BCUT2D eigenvalue weighted by atomic mass is 9.97. The third-order valence-electron chi connectivity index (χ3n) is 4.20. The van der Waals surface area contributed by atoms with E-state index in [4.69, 9.17) is 0 Å². The van der Waals surface area contributed by atoms with Crippen molar-refractivity contribution in [3.8, 4) is 0 Å². The summed E-state index contributed by atoms with van der Waals surface area (Å²) in [5, 5.41) is 2.88. The molecule has 0 saturated carbocycles. The Bertz CT molecular complexity index is 724. The number of carbonyl (C=O) groups is 1. The molecule has 0 unspecified atom stereocenters. The molecule has 0 aromatic heterocycles. The molecule has 0 fully saturated rings. The summed E-state index contributed by atoms with van der Waals surface area (Å²) < 4.78 is 27.1. The first kappa shape index (κ1) is 19.7. The lowest BCUT2D eigenvalue weighted by molar-refractivity contribution is 0.0954. The van der Waals surface area contributed by atoms with Crippen LogP contribution in [0.5, 0.6) is 0 Å². The molecule has 0 saturated heterocycles. The van der Waals surface area contributed by atoms with Gasteiger partial charge in [0.1, 0.15) is 0 Å². The Labute approximate surface area is 151 Å². The molecule has 1 amide bonds. The SMILES string of the molecule is CC(C)CNS(=O)(=O)c1cccc(C(=O)NCCC2=CCCCC2)c1. The molecule has 2 N–H and O–H groups in total. The number of carbonyl (C=O) groups excluding carboxylic acids is 1. The van der Waals surface area contributed by atoms with E-state index < -0.39 is 10.0 Å². The Hall–Kier alpha value is -1.66. The maximum atomic E-state index is 12.3. The molecule has 0 aliphatic heterocycles. The minimum atomic E-state index is -3.59. The van der Waals surface area contributed by atoms with Gasteiger partial charge in [-0.1, -0.05) is 31.6 Å². The molecule has 1 aromatic carbocycles. The zero-order chi connectivity index (χ0) is 18.3. The van der Waals surface area contributed by atoms with Gasteiger partial charge in [-0.2, -0.15) is 0 Å². The number of benzene rings is 1. The molecule has 6 heteroatoms. The molecular weight excluding hydrogens is 336 g/mol. The number of hydrogen-bond acceptors (Lipinski definition) is 3. The zero-order valence-corrected chi connectivity index (χ0v) is 15.9. The van der Waals surface area contributed by atoms with Crippen molar-refractivity contribution in [2.45, 2.75) is 50.8 Å². The molecule has 0 radical (unpaired) electrons. The van der Waals surface area contributed by atoms with E-state index in [2.05, 4.69) is 16.1 Å². The van der Waals surface area contributed by atoms with Crippen molar-refractivity contribution in [2.75, 3.05) is 13.1 Å². The van der Waals surface area contributed by atoms with Crippen LogP contribution < -0.4 is 10.0 Å². The van der Waals surface area contributed by atoms with Crippen LogP contribution in [-0.2, 0) is 10.0 Å². The molecule has 0 bridgehead atoms. The zero-order valence-electron chi connectivity index (χ0n) is 15.0. The van der Waals surface area contributed by atoms with Crippen LogP contribution >= 0.6 is 0 Å². The summed E-state index contributed by atoms with van der Waals surface area (Å²) in [5.41, 5.74) is 1.77. The fourth-order valence-electron chi connectivity index (χ4n) is 2.73.